The zero-order valence-electron chi connectivity index (χ0n) is 11.5. The summed E-state index contributed by atoms with van der Waals surface area (Å²) < 4.78 is 38.5. The predicted octanol–water partition coefficient (Wildman–Crippen LogP) is 2.41. The van der Waals surface area contributed by atoms with Gasteiger partial charge in [0.15, 0.2) is 5.69 Å². The van der Waals surface area contributed by atoms with Crippen LogP contribution in [0.2, 0.25) is 0 Å². The van der Waals surface area contributed by atoms with Gasteiger partial charge in [-0.3, -0.25) is 5.43 Å². The van der Waals surface area contributed by atoms with E-state index in [1.807, 2.05) is 4.90 Å². The summed E-state index contributed by atoms with van der Waals surface area (Å²) in [5.74, 6) is 5.19. The van der Waals surface area contributed by atoms with Gasteiger partial charge in [0, 0.05) is 19.2 Å². The van der Waals surface area contributed by atoms with Crippen LogP contribution >= 0.6 is 0 Å². The van der Waals surface area contributed by atoms with E-state index in [1.165, 1.54) is 0 Å². The van der Waals surface area contributed by atoms with Gasteiger partial charge < -0.3 is 4.90 Å². The Labute approximate surface area is 115 Å². The van der Waals surface area contributed by atoms with Crippen LogP contribution in [0.25, 0.3) is 0 Å². The number of nitrogens with zero attached hydrogens (tertiary/aromatic N) is 3. The number of hydrogen-bond donors (Lipinski definition) is 2. The van der Waals surface area contributed by atoms with Crippen LogP contribution in [0.15, 0.2) is 6.07 Å². The summed E-state index contributed by atoms with van der Waals surface area (Å²) in [5, 5.41) is 0. The lowest BCUT2D eigenvalue weighted by Gasteiger charge is -2.38. The maximum Gasteiger partial charge on any atom is 0.433 e. The van der Waals surface area contributed by atoms with Crippen LogP contribution < -0.4 is 16.2 Å². The minimum atomic E-state index is -4.52. The number of piperidine rings is 1. The molecule has 0 bridgehead atoms. The van der Waals surface area contributed by atoms with Crippen molar-refractivity contribution < 1.29 is 13.2 Å². The molecule has 1 fully saturated rings. The Hall–Kier alpha value is -1.57. The number of nitrogens with one attached hydrogen (secondary N) is 1. The minimum absolute atomic E-state index is 0.0535. The first kappa shape index (κ1) is 14.8. The summed E-state index contributed by atoms with van der Waals surface area (Å²) in [4.78, 5) is 9.24. The molecule has 3 N–H and O–H groups in total. The SMILES string of the molecule is CC1(C)CCCN(c2cc(C(F)(F)F)nc(NN)n2)C1. The molecule has 0 aliphatic carbocycles. The first-order valence-electron chi connectivity index (χ1n) is 6.39. The molecule has 1 aliphatic rings. The van der Waals surface area contributed by atoms with Crippen molar-refractivity contribution in [1.29, 1.82) is 0 Å². The van der Waals surface area contributed by atoms with Gasteiger partial charge in [0.2, 0.25) is 5.95 Å². The van der Waals surface area contributed by atoms with Crippen molar-refractivity contribution >= 4 is 11.8 Å². The number of alkyl halides is 3. The molecule has 112 valence electrons. The third-order valence-corrected chi connectivity index (χ3v) is 3.36. The summed E-state index contributed by atoms with van der Waals surface area (Å²) in [7, 11) is 0. The number of hydrogen-bond acceptors (Lipinski definition) is 5. The van der Waals surface area contributed by atoms with E-state index in [-0.39, 0.29) is 17.2 Å². The predicted molar refractivity (Wildman–Crippen MR) is 70.1 cm³/mol. The fraction of sp³-hybridized carbons (Fsp3) is 0.667. The third-order valence-electron chi connectivity index (χ3n) is 3.36. The van der Waals surface area contributed by atoms with E-state index in [2.05, 4.69) is 29.2 Å². The summed E-state index contributed by atoms with van der Waals surface area (Å²) in [6.07, 6.45) is -2.55. The van der Waals surface area contributed by atoms with Gasteiger partial charge in [-0.1, -0.05) is 13.8 Å². The number of rotatable bonds is 2. The van der Waals surface area contributed by atoms with Crippen LogP contribution in [0.5, 0.6) is 0 Å². The highest BCUT2D eigenvalue weighted by atomic mass is 19.4. The third kappa shape index (κ3) is 3.30. The van der Waals surface area contributed by atoms with E-state index in [1.54, 1.807) is 0 Å². The molecule has 2 heterocycles. The molecule has 0 unspecified atom stereocenters. The molecule has 5 nitrogen and oxygen atoms in total. The molecule has 0 aromatic carbocycles. The topological polar surface area (TPSA) is 67.1 Å². The van der Waals surface area contributed by atoms with Crippen LogP contribution in [0.3, 0.4) is 0 Å². The number of aromatic nitrogens is 2. The molecule has 8 heteroatoms. The minimum Gasteiger partial charge on any atom is -0.356 e. The van der Waals surface area contributed by atoms with Gasteiger partial charge in [-0.2, -0.15) is 18.2 Å². The van der Waals surface area contributed by atoms with E-state index in [9.17, 15) is 13.2 Å². The van der Waals surface area contributed by atoms with Crippen molar-refractivity contribution in [2.45, 2.75) is 32.9 Å². The standard InChI is InChI=1S/C12H18F3N5/c1-11(2)4-3-5-20(7-11)9-6-8(12(13,14)15)17-10(18-9)19-16/h6H,3-5,7,16H2,1-2H3,(H,17,18,19). The molecule has 1 aliphatic heterocycles. The number of hydrazine groups is 1. The molecular formula is C12H18F3N5. The molecule has 2 rings (SSSR count). The van der Waals surface area contributed by atoms with E-state index in [4.69, 9.17) is 5.84 Å². The Bertz CT molecular complexity index is 486. The Morgan fingerprint density at radius 2 is 2.05 bits per heavy atom. The van der Waals surface area contributed by atoms with E-state index in [0.29, 0.717) is 13.1 Å². The summed E-state index contributed by atoms with van der Waals surface area (Å²) in [5.41, 5.74) is 1.16. The molecule has 1 saturated heterocycles. The monoisotopic (exact) mass is 289 g/mol. The molecular weight excluding hydrogens is 271 g/mol. The van der Waals surface area contributed by atoms with Crippen molar-refractivity contribution in [3.05, 3.63) is 11.8 Å². The number of halogens is 3. The molecule has 20 heavy (non-hydrogen) atoms. The quantitative estimate of drug-likeness (QED) is 0.646. The Morgan fingerprint density at radius 1 is 1.35 bits per heavy atom. The number of anilines is 2. The van der Waals surface area contributed by atoms with Gasteiger partial charge in [0.1, 0.15) is 5.82 Å². The highest BCUT2D eigenvalue weighted by Crippen LogP contribution is 2.34. The number of nitrogens with two attached hydrogens (primary N) is 1. The number of nitrogen functional groups attached to an aromatic ring is 1. The van der Waals surface area contributed by atoms with E-state index in [0.717, 1.165) is 18.9 Å². The van der Waals surface area contributed by atoms with Crippen molar-refractivity contribution in [2.75, 3.05) is 23.4 Å². The Balaban J connectivity index is 2.36. The average molecular weight is 289 g/mol. The zero-order valence-corrected chi connectivity index (χ0v) is 11.5. The van der Waals surface area contributed by atoms with Crippen molar-refractivity contribution in [2.24, 2.45) is 11.3 Å². The van der Waals surface area contributed by atoms with Crippen LogP contribution in [0.4, 0.5) is 24.9 Å². The van der Waals surface area contributed by atoms with Crippen LogP contribution in [-0.2, 0) is 6.18 Å². The maximum atomic E-state index is 12.8. The van der Waals surface area contributed by atoms with Gasteiger partial charge in [0.05, 0.1) is 0 Å². The van der Waals surface area contributed by atoms with Crippen LogP contribution in [-0.4, -0.2) is 23.1 Å². The Morgan fingerprint density at radius 3 is 2.60 bits per heavy atom. The molecule has 0 radical (unpaired) electrons. The second-order valence-corrected chi connectivity index (χ2v) is 5.77. The lowest BCUT2D eigenvalue weighted by atomic mass is 9.84. The normalized spacial score (nSPS) is 19.0. The second-order valence-electron chi connectivity index (χ2n) is 5.77. The zero-order chi connectivity index (χ0) is 15.0. The average Bonchev–Trinajstić information content (AvgIpc) is 2.36. The van der Waals surface area contributed by atoms with Crippen molar-refractivity contribution in [3.63, 3.8) is 0 Å². The van der Waals surface area contributed by atoms with E-state index < -0.39 is 11.9 Å². The largest absolute Gasteiger partial charge is 0.433 e. The molecule has 1 aromatic heterocycles. The van der Waals surface area contributed by atoms with Gasteiger partial charge in [-0.15, -0.1) is 0 Å². The highest BCUT2D eigenvalue weighted by Gasteiger charge is 2.35. The summed E-state index contributed by atoms with van der Waals surface area (Å²) in [6, 6.07) is 0.974. The fourth-order valence-electron chi connectivity index (χ4n) is 2.43. The van der Waals surface area contributed by atoms with E-state index >= 15 is 0 Å². The smallest absolute Gasteiger partial charge is 0.356 e. The Kier molecular flexibility index (Phi) is 3.77. The fourth-order valence-corrected chi connectivity index (χ4v) is 2.43. The summed E-state index contributed by atoms with van der Waals surface area (Å²) in [6.45, 7) is 5.52. The summed E-state index contributed by atoms with van der Waals surface area (Å²) >= 11 is 0. The van der Waals surface area contributed by atoms with Gasteiger partial charge in [-0.05, 0) is 18.3 Å². The van der Waals surface area contributed by atoms with Crippen LogP contribution in [0.1, 0.15) is 32.4 Å². The molecule has 1 aromatic rings. The highest BCUT2D eigenvalue weighted by molar-refractivity contribution is 5.45. The van der Waals surface area contributed by atoms with Crippen molar-refractivity contribution in [1.82, 2.24) is 9.97 Å². The van der Waals surface area contributed by atoms with Gasteiger partial charge in [0.25, 0.3) is 0 Å². The lowest BCUT2D eigenvalue weighted by molar-refractivity contribution is -0.141. The first-order chi connectivity index (χ1) is 9.21. The van der Waals surface area contributed by atoms with Gasteiger partial charge in [-0.25, -0.2) is 10.8 Å². The second kappa shape index (κ2) is 5.08. The van der Waals surface area contributed by atoms with Crippen LogP contribution in [0, 0.1) is 5.41 Å². The lowest BCUT2D eigenvalue weighted by Crippen LogP contribution is -2.40. The maximum absolute atomic E-state index is 12.8. The first-order valence-corrected chi connectivity index (χ1v) is 6.39. The van der Waals surface area contributed by atoms with Gasteiger partial charge >= 0.3 is 6.18 Å². The van der Waals surface area contributed by atoms with Crippen molar-refractivity contribution in [3.8, 4) is 0 Å². The molecule has 0 atom stereocenters. The molecule has 0 spiro atoms. The molecule has 0 saturated carbocycles. The molecule has 0 amide bonds.